The van der Waals surface area contributed by atoms with E-state index in [1.165, 1.54) is 17.8 Å². The van der Waals surface area contributed by atoms with E-state index in [0.29, 0.717) is 27.4 Å². The second-order valence-corrected chi connectivity index (χ2v) is 8.61. The van der Waals surface area contributed by atoms with Crippen molar-refractivity contribution in [2.45, 2.75) is 37.8 Å². The Morgan fingerprint density at radius 2 is 2.18 bits per heavy atom. The predicted octanol–water partition coefficient (Wildman–Crippen LogP) is 4.01. The molecule has 0 saturated heterocycles. The van der Waals surface area contributed by atoms with Gasteiger partial charge in [-0.1, -0.05) is 23.0 Å². The van der Waals surface area contributed by atoms with Crippen molar-refractivity contribution in [3.8, 4) is 0 Å². The SMILES string of the molecule is CC(C)(C)OC(=O)NCCSc1nonc1C(Cc1ccc(F)c(Br)c1)=NO. The molecule has 0 saturated carbocycles. The Morgan fingerprint density at radius 3 is 2.82 bits per heavy atom. The summed E-state index contributed by atoms with van der Waals surface area (Å²) < 4.78 is 23.6. The first kappa shape index (κ1) is 22.2. The van der Waals surface area contributed by atoms with Gasteiger partial charge in [0.2, 0.25) is 0 Å². The van der Waals surface area contributed by atoms with Crippen LogP contribution in [0.3, 0.4) is 0 Å². The molecule has 0 bridgehead atoms. The van der Waals surface area contributed by atoms with E-state index in [4.69, 9.17) is 9.37 Å². The number of benzene rings is 1. The van der Waals surface area contributed by atoms with Crippen molar-refractivity contribution in [1.29, 1.82) is 0 Å². The fourth-order valence-corrected chi connectivity index (χ4v) is 3.28. The van der Waals surface area contributed by atoms with Crippen LogP contribution in [0.15, 0.2) is 37.5 Å². The van der Waals surface area contributed by atoms with Crippen LogP contribution in [-0.4, -0.2) is 45.2 Å². The van der Waals surface area contributed by atoms with Gasteiger partial charge in [-0.25, -0.2) is 13.8 Å². The molecule has 152 valence electrons. The topological polar surface area (TPSA) is 110 Å². The maximum absolute atomic E-state index is 13.4. The number of ether oxygens (including phenoxy) is 1. The highest BCUT2D eigenvalue weighted by atomic mass is 79.9. The molecule has 0 aliphatic rings. The number of halogens is 2. The van der Waals surface area contributed by atoms with Gasteiger partial charge in [0.05, 0.1) is 4.47 Å². The third kappa shape index (κ3) is 6.79. The van der Waals surface area contributed by atoms with Gasteiger partial charge in [0.25, 0.3) is 0 Å². The zero-order valence-corrected chi connectivity index (χ0v) is 17.9. The van der Waals surface area contributed by atoms with Gasteiger partial charge in [0.1, 0.15) is 17.1 Å². The minimum Gasteiger partial charge on any atom is -0.444 e. The maximum Gasteiger partial charge on any atom is 0.407 e. The normalized spacial score (nSPS) is 12.1. The summed E-state index contributed by atoms with van der Waals surface area (Å²) in [5, 5.41) is 23.3. The first-order valence-electron chi connectivity index (χ1n) is 8.27. The zero-order chi connectivity index (χ0) is 20.7. The molecular weight excluding hydrogens is 455 g/mol. The summed E-state index contributed by atoms with van der Waals surface area (Å²) in [4.78, 5) is 11.6. The highest BCUT2D eigenvalue weighted by Crippen LogP contribution is 2.22. The van der Waals surface area contributed by atoms with Crippen molar-refractivity contribution in [3.63, 3.8) is 0 Å². The van der Waals surface area contributed by atoms with Gasteiger partial charge >= 0.3 is 6.09 Å². The minimum absolute atomic E-state index is 0.202. The van der Waals surface area contributed by atoms with E-state index in [0.717, 1.165) is 0 Å². The van der Waals surface area contributed by atoms with Gasteiger partial charge in [0, 0.05) is 18.7 Å². The van der Waals surface area contributed by atoms with Crippen molar-refractivity contribution in [2.24, 2.45) is 5.16 Å². The number of alkyl carbamates (subject to hydrolysis) is 1. The number of carbonyl (C=O) groups excluding carboxylic acids is 1. The third-order valence-electron chi connectivity index (χ3n) is 3.22. The molecule has 0 aliphatic heterocycles. The van der Waals surface area contributed by atoms with Gasteiger partial charge in [-0.3, -0.25) is 0 Å². The van der Waals surface area contributed by atoms with Crippen LogP contribution in [-0.2, 0) is 11.2 Å². The van der Waals surface area contributed by atoms with E-state index in [1.807, 2.05) is 0 Å². The van der Waals surface area contributed by atoms with Crippen LogP contribution < -0.4 is 5.32 Å². The second-order valence-electron chi connectivity index (χ2n) is 6.67. The zero-order valence-electron chi connectivity index (χ0n) is 15.5. The lowest BCUT2D eigenvalue weighted by Gasteiger charge is -2.19. The number of hydrogen-bond donors (Lipinski definition) is 2. The van der Waals surface area contributed by atoms with Gasteiger partial charge in [0.15, 0.2) is 10.7 Å². The van der Waals surface area contributed by atoms with Crippen molar-refractivity contribution < 1.29 is 23.8 Å². The average molecular weight is 475 g/mol. The number of oxime groups is 1. The molecule has 2 aromatic rings. The third-order valence-corrected chi connectivity index (χ3v) is 4.77. The van der Waals surface area contributed by atoms with Crippen molar-refractivity contribution >= 4 is 39.5 Å². The molecule has 11 heteroatoms. The van der Waals surface area contributed by atoms with Crippen LogP contribution in [0.1, 0.15) is 32.0 Å². The van der Waals surface area contributed by atoms with E-state index >= 15 is 0 Å². The van der Waals surface area contributed by atoms with Crippen LogP contribution >= 0.6 is 27.7 Å². The summed E-state index contributed by atoms with van der Waals surface area (Å²) in [5.74, 6) is 0.0874. The number of thioether (sulfide) groups is 1. The van der Waals surface area contributed by atoms with E-state index in [2.05, 4.69) is 36.7 Å². The molecule has 1 amide bonds. The molecule has 0 fully saturated rings. The average Bonchev–Trinajstić information content (AvgIpc) is 3.06. The number of rotatable bonds is 7. The fraction of sp³-hybridized carbons (Fsp3) is 0.412. The predicted molar refractivity (Wildman–Crippen MR) is 105 cm³/mol. The van der Waals surface area contributed by atoms with E-state index in [1.54, 1.807) is 32.9 Å². The summed E-state index contributed by atoms with van der Waals surface area (Å²) in [5.41, 5.74) is 0.654. The quantitative estimate of drug-likeness (QED) is 0.205. The number of nitrogens with one attached hydrogen (secondary N) is 1. The fourth-order valence-electron chi connectivity index (χ4n) is 2.08. The summed E-state index contributed by atoms with van der Waals surface area (Å²) in [6.45, 7) is 5.68. The molecule has 0 radical (unpaired) electrons. The van der Waals surface area contributed by atoms with Crippen molar-refractivity contribution in [1.82, 2.24) is 15.6 Å². The number of amides is 1. The first-order valence-corrected chi connectivity index (χ1v) is 10.0. The monoisotopic (exact) mass is 474 g/mol. The van der Waals surface area contributed by atoms with Crippen LogP contribution in [0.4, 0.5) is 9.18 Å². The number of nitrogens with zero attached hydrogens (tertiary/aromatic N) is 3. The second kappa shape index (κ2) is 9.87. The first-order chi connectivity index (χ1) is 13.2. The Labute approximate surface area is 174 Å². The smallest absolute Gasteiger partial charge is 0.407 e. The van der Waals surface area contributed by atoms with E-state index < -0.39 is 11.7 Å². The lowest BCUT2D eigenvalue weighted by molar-refractivity contribution is 0.0531. The minimum atomic E-state index is -0.567. The van der Waals surface area contributed by atoms with Crippen molar-refractivity contribution in [3.05, 3.63) is 39.7 Å². The van der Waals surface area contributed by atoms with Gasteiger partial charge < -0.3 is 15.3 Å². The molecule has 28 heavy (non-hydrogen) atoms. The van der Waals surface area contributed by atoms with Gasteiger partial charge in [-0.05, 0) is 64.7 Å². The number of carbonyl (C=O) groups is 1. The molecule has 2 rings (SSSR count). The number of aromatic nitrogens is 2. The van der Waals surface area contributed by atoms with Crippen LogP contribution in [0, 0.1) is 5.82 Å². The summed E-state index contributed by atoms with van der Waals surface area (Å²) in [6, 6.07) is 4.48. The molecule has 1 aromatic carbocycles. The molecule has 8 nitrogen and oxygen atoms in total. The molecule has 0 unspecified atom stereocenters. The molecule has 1 heterocycles. The molecule has 0 spiro atoms. The molecular formula is C17H20BrFN4O4S. The standard InChI is InChI=1S/C17H20BrFN4O4S/c1-17(2,3)26-16(24)20-6-7-28-15-14(22-27-23-15)13(21-25)9-10-4-5-12(19)11(18)8-10/h4-5,8,25H,6-7,9H2,1-3H3,(H,20,24). The highest BCUT2D eigenvalue weighted by Gasteiger charge is 2.19. The Bertz CT molecular complexity index is 854. The molecule has 1 aromatic heterocycles. The Morgan fingerprint density at radius 1 is 1.43 bits per heavy atom. The van der Waals surface area contributed by atoms with E-state index in [9.17, 15) is 14.4 Å². The van der Waals surface area contributed by atoms with Crippen LogP contribution in [0.2, 0.25) is 0 Å². The largest absolute Gasteiger partial charge is 0.444 e. The van der Waals surface area contributed by atoms with Crippen LogP contribution in [0.25, 0.3) is 0 Å². The van der Waals surface area contributed by atoms with Crippen LogP contribution in [0.5, 0.6) is 0 Å². The maximum atomic E-state index is 13.4. The lowest BCUT2D eigenvalue weighted by atomic mass is 10.1. The summed E-state index contributed by atoms with van der Waals surface area (Å²) in [6.07, 6.45) is -0.307. The molecule has 0 atom stereocenters. The summed E-state index contributed by atoms with van der Waals surface area (Å²) >= 11 is 4.39. The van der Waals surface area contributed by atoms with E-state index in [-0.39, 0.29) is 23.6 Å². The van der Waals surface area contributed by atoms with Gasteiger partial charge in [-0.2, -0.15) is 0 Å². The Balaban J connectivity index is 1.94. The van der Waals surface area contributed by atoms with Gasteiger partial charge in [-0.15, -0.1) is 0 Å². The Hall–Kier alpha value is -2.14. The number of hydrogen-bond acceptors (Lipinski definition) is 8. The lowest BCUT2D eigenvalue weighted by Crippen LogP contribution is -2.33. The molecule has 0 aliphatic carbocycles. The summed E-state index contributed by atoms with van der Waals surface area (Å²) in [7, 11) is 0. The Kier molecular flexibility index (Phi) is 7.81. The molecule has 2 N–H and O–H groups in total. The highest BCUT2D eigenvalue weighted by molar-refractivity contribution is 9.10. The van der Waals surface area contributed by atoms with Crippen molar-refractivity contribution in [2.75, 3.05) is 12.3 Å².